The third-order valence-electron chi connectivity index (χ3n) is 2.54. The fourth-order valence-electron chi connectivity index (χ4n) is 1.86. The zero-order valence-corrected chi connectivity index (χ0v) is 7.74. The number of hydrogen-bond donors (Lipinski definition) is 1. The molecule has 13 heavy (non-hydrogen) atoms. The van der Waals surface area contributed by atoms with Crippen molar-refractivity contribution in [3.8, 4) is 0 Å². The molecule has 1 unspecified atom stereocenters. The van der Waals surface area contributed by atoms with Crippen molar-refractivity contribution in [2.24, 2.45) is 0 Å². The fourth-order valence-corrected chi connectivity index (χ4v) is 1.86. The van der Waals surface area contributed by atoms with Crippen LogP contribution >= 0.6 is 0 Å². The summed E-state index contributed by atoms with van der Waals surface area (Å²) in [5, 5.41) is 7.66. The number of nitrogens with zero attached hydrogens (tertiary/aromatic N) is 2. The van der Waals surface area contributed by atoms with E-state index in [2.05, 4.69) is 23.1 Å². The molecule has 1 aromatic heterocycles. The van der Waals surface area contributed by atoms with Crippen LogP contribution in [0.15, 0.2) is 18.8 Å². The van der Waals surface area contributed by atoms with Gasteiger partial charge in [0.2, 0.25) is 0 Å². The highest BCUT2D eigenvalue weighted by Crippen LogP contribution is 2.22. The lowest BCUT2D eigenvalue weighted by molar-refractivity contribution is 0.400. The summed E-state index contributed by atoms with van der Waals surface area (Å²) in [6.45, 7) is 4.85. The van der Waals surface area contributed by atoms with E-state index in [0.717, 1.165) is 6.54 Å². The van der Waals surface area contributed by atoms with Gasteiger partial charge in [0, 0.05) is 18.4 Å². The molecule has 70 valence electrons. The standard InChI is InChI=1S/C10H15N3/c1-2-13-10(6-8-12-13)9-5-3-4-7-11-9/h2,6,8-9,11H,1,3-5,7H2. The third-order valence-corrected chi connectivity index (χ3v) is 2.54. The van der Waals surface area contributed by atoms with Crippen LogP contribution < -0.4 is 5.32 Å². The Bertz CT molecular complexity index is 284. The summed E-state index contributed by atoms with van der Waals surface area (Å²) in [6.07, 6.45) is 7.39. The Labute approximate surface area is 78.4 Å². The predicted molar refractivity (Wildman–Crippen MR) is 53.2 cm³/mol. The third kappa shape index (κ3) is 1.65. The molecular formula is C10H15N3. The SMILES string of the molecule is C=Cn1nccc1C1CCCCN1. The lowest BCUT2D eigenvalue weighted by Crippen LogP contribution is -2.28. The molecule has 3 nitrogen and oxygen atoms in total. The van der Waals surface area contributed by atoms with Gasteiger partial charge in [0.15, 0.2) is 0 Å². The van der Waals surface area contributed by atoms with Gasteiger partial charge in [-0.05, 0) is 25.5 Å². The fraction of sp³-hybridized carbons (Fsp3) is 0.500. The van der Waals surface area contributed by atoms with Crippen molar-refractivity contribution in [2.75, 3.05) is 6.54 Å². The van der Waals surface area contributed by atoms with E-state index >= 15 is 0 Å². The molecule has 1 N–H and O–H groups in total. The van der Waals surface area contributed by atoms with Crippen molar-refractivity contribution < 1.29 is 0 Å². The van der Waals surface area contributed by atoms with Gasteiger partial charge in [0.1, 0.15) is 0 Å². The largest absolute Gasteiger partial charge is 0.309 e. The number of rotatable bonds is 2. The number of hydrogen-bond acceptors (Lipinski definition) is 2. The molecule has 0 bridgehead atoms. The lowest BCUT2D eigenvalue weighted by atomic mass is 10.0. The second-order valence-corrected chi connectivity index (χ2v) is 3.39. The topological polar surface area (TPSA) is 29.9 Å². The first kappa shape index (κ1) is 8.51. The van der Waals surface area contributed by atoms with Crippen LogP contribution in [-0.4, -0.2) is 16.3 Å². The normalized spacial score (nSPS) is 22.9. The van der Waals surface area contributed by atoms with E-state index in [4.69, 9.17) is 0 Å². The monoisotopic (exact) mass is 177 g/mol. The van der Waals surface area contributed by atoms with Gasteiger partial charge in [-0.25, -0.2) is 4.68 Å². The Morgan fingerprint density at radius 1 is 1.62 bits per heavy atom. The summed E-state index contributed by atoms with van der Waals surface area (Å²) < 4.78 is 1.85. The summed E-state index contributed by atoms with van der Waals surface area (Å²) in [6, 6.07) is 2.53. The lowest BCUT2D eigenvalue weighted by Gasteiger charge is -2.23. The minimum Gasteiger partial charge on any atom is -0.309 e. The van der Waals surface area contributed by atoms with Crippen LogP contribution in [0.25, 0.3) is 6.20 Å². The number of piperidine rings is 1. The molecule has 0 aromatic carbocycles. The average molecular weight is 177 g/mol. The second kappa shape index (κ2) is 3.75. The van der Waals surface area contributed by atoms with Gasteiger partial charge in [-0.15, -0.1) is 0 Å². The predicted octanol–water partition coefficient (Wildman–Crippen LogP) is 1.80. The van der Waals surface area contributed by atoms with Crippen molar-refractivity contribution in [3.05, 3.63) is 24.5 Å². The zero-order valence-electron chi connectivity index (χ0n) is 7.74. The van der Waals surface area contributed by atoms with Crippen molar-refractivity contribution in [1.82, 2.24) is 15.1 Å². The van der Waals surface area contributed by atoms with Gasteiger partial charge in [-0.2, -0.15) is 5.10 Å². The van der Waals surface area contributed by atoms with Crippen molar-refractivity contribution in [1.29, 1.82) is 0 Å². The molecule has 0 spiro atoms. The Morgan fingerprint density at radius 3 is 3.23 bits per heavy atom. The van der Waals surface area contributed by atoms with Crippen LogP contribution in [0, 0.1) is 0 Å². The first-order valence-electron chi connectivity index (χ1n) is 4.81. The average Bonchev–Trinajstić information content (AvgIpc) is 2.67. The minimum atomic E-state index is 0.467. The molecule has 0 saturated carbocycles. The molecule has 0 amide bonds. The number of aromatic nitrogens is 2. The maximum atomic E-state index is 4.17. The van der Waals surface area contributed by atoms with E-state index in [1.54, 1.807) is 6.20 Å². The Morgan fingerprint density at radius 2 is 2.54 bits per heavy atom. The van der Waals surface area contributed by atoms with E-state index in [1.165, 1.54) is 25.0 Å². The molecule has 2 heterocycles. The van der Waals surface area contributed by atoms with Gasteiger partial charge < -0.3 is 5.32 Å². The van der Waals surface area contributed by atoms with E-state index in [0.29, 0.717) is 6.04 Å². The summed E-state index contributed by atoms with van der Waals surface area (Å²) in [5.74, 6) is 0. The molecular weight excluding hydrogens is 162 g/mol. The Kier molecular flexibility index (Phi) is 2.45. The van der Waals surface area contributed by atoms with Crippen molar-refractivity contribution >= 4 is 6.20 Å². The van der Waals surface area contributed by atoms with Crippen molar-refractivity contribution in [2.45, 2.75) is 25.3 Å². The summed E-state index contributed by atoms with van der Waals surface area (Å²) in [5.41, 5.74) is 1.23. The van der Waals surface area contributed by atoms with Crippen LogP contribution in [0.2, 0.25) is 0 Å². The van der Waals surface area contributed by atoms with Gasteiger partial charge in [-0.3, -0.25) is 0 Å². The van der Waals surface area contributed by atoms with Gasteiger partial charge in [0.25, 0.3) is 0 Å². The van der Waals surface area contributed by atoms with E-state index < -0.39 is 0 Å². The maximum Gasteiger partial charge on any atom is 0.0604 e. The van der Waals surface area contributed by atoms with Gasteiger partial charge >= 0.3 is 0 Å². The molecule has 3 heteroatoms. The Balaban J connectivity index is 2.17. The highest BCUT2D eigenvalue weighted by atomic mass is 15.3. The summed E-state index contributed by atoms with van der Waals surface area (Å²) in [7, 11) is 0. The molecule has 0 radical (unpaired) electrons. The minimum absolute atomic E-state index is 0.467. The molecule has 1 atom stereocenters. The highest BCUT2D eigenvalue weighted by molar-refractivity contribution is 5.22. The van der Waals surface area contributed by atoms with E-state index in [1.807, 2.05) is 10.9 Å². The first-order valence-corrected chi connectivity index (χ1v) is 4.81. The molecule has 2 rings (SSSR count). The first-order chi connectivity index (χ1) is 6.42. The molecule has 1 aliphatic heterocycles. The molecule has 1 aromatic rings. The quantitative estimate of drug-likeness (QED) is 0.746. The van der Waals surface area contributed by atoms with Gasteiger partial charge in [0.05, 0.1) is 5.69 Å². The van der Waals surface area contributed by atoms with Crippen LogP contribution in [0.4, 0.5) is 0 Å². The molecule has 1 fully saturated rings. The van der Waals surface area contributed by atoms with Crippen LogP contribution in [0.1, 0.15) is 31.0 Å². The van der Waals surface area contributed by atoms with E-state index in [9.17, 15) is 0 Å². The smallest absolute Gasteiger partial charge is 0.0604 e. The van der Waals surface area contributed by atoms with Crippen molar-refractivity contribution in [3.63, 3.8) is 0 Å². The molecule has 0 aliphatic carbocycles. The van der Waals surface area contributed by atoms with Crippen LogP contribution in [0.5, 0.6) is 0 Å². The molecule has 1 saturated heterocycles. The number of nitrogens with one attached hydrogen (secondary N) is 1. The summed E-state index contributed by atoms with van der Waals surface area (Å²) in [4.78, 5) is 0. The summed E-state index contributed by atoms with van der Waals surface area (Å²) >= 11 is 0. The van der Waals surface area contributed by atoms with Gasteiger partial charge in [-0.1, -0.05) is 13.0 Å². The van der Waals surface area contributed by atoms with Crippen LogP contribution in [-0.2, 0) is 0 Å². The zero-order chi connectivity index (χ0) is 9.10. The van der Waals surface area contributed by atoms with Crippen LogP contribution in [0.3, 0.4) is 0 Å². The van der Waals surface area contributed by atoms with E-state index in [-0.39, 0.29) is 0 Å². The molecule has 1 aliphatic rings. The second-order valence-electron chi connectivity index (χ2n) is 3.39. The Hall–Kier alpha value is -1.09. The maximum absolute atomic E-state index is 4.17. The highest BCUT2D eigenvalue weighted by Gasteiger charge is 2.17.